The molecule has 3 heterocycles. The van der Waals surface area contributed by atoms with Crippen LogP contribution in [-0.2, 0) is 76.2 Å². The van der Waals surface area contributed by atoms with Gasteiger partial charge in [-0.25, -0.2) is 0 Å². The molecule has 0 radical (unpaired) electrons. The quantitative estimate of drug-likeness (QED) is 0.0273. The number of ether oxygens (including phenoxy) is 10. The third-order valence-corrected chi connectivity index (χ3v) is 13.8. The summed E-state index contributed by atoms with van der Waals surface area (Å²) in [5, 5.41) is 109. The molecule has 4 rings (SSSR count). The van der Waals surface area contributed by atoms with Gasteiger partial charge in [0.1, 0.15) is 104 Å². The number of aliphatic hydroxyl groups excluding tert-OH is 9. The molecule has 1 aromatic rings. The smallest absolute Gasteiger partial charge is 0.251 e. The first-order chi connectivity index (χ1) is 43.2. The van der Waals surface area contributed by atoms with Crippen LogP contribution in [0.25, 0.3) is 0 Å². The van der Waals surface area contributed by atoms with Crippen LogP contribution in [-0.4, -0.2) is 314 Å². The highest BCUT2D eigenvalue weighted by Gasteiger charge is 2.48. The molecule has 3 aliphatic rings. The Bertz CT molecular complexity index is 2350. The van der Waals surface area contributed by atoms with E-state index < -0.39 is 190 Å². The molecule has 1 aromatic carbocycles. The van der Waals surface area contributed by atoms with E-state index in [9.17, 15) is 84.3 Å². The monoisotopic (exact) mass is 1310 g/mol. The number of nitrogens with zero attached hydrogens (tertiary/aromatic N) is 1. The highest BCUT2D eigenvalue weighted by Crippen LogP contribution is 2.25. The van der Waals surface area contributed by atoms with Crippen molar-refractivity contribution in [2.24, 2.45) is 0 Å². The Kier molecular flexibility index (Phi) is 33.7. The number of aliphatic hydroxyl groups is 9. The Morgan fingerprint density at radius 3 is 1.22 bits per heavy atom. The summed E-state index contributed by atoms with van der Waals surface area (Å²) in [6.07, 6.45) is -17.5. The Morgan fingerprint density at radius 1 is 0.516 bits per heavy atom. The summed E-state index contributed by atoms with van der Waals surface area (Å²) in [5.74, 6) is -4.94. The van der Waals surface area contributed by atoms with Crippen LogP contribution >= 0.6 is 0 Å². The Balaban J connectivity index is 1.39. The Morgan fingerprint density at radius 2 is 0.879 bits per heavy atom. The molecule has 0 aromatic heterocycles. The molecule has 518 valence electrons. The first-order valence-corrected chi connectivity index (χ1v) is 29.6. The molecule has 35 nitrogen and oxygen atoms in total. The number of rotatable bonds is 38. The van der Waals surface area contributed by atoms with Crippen LogP contribution in [0.15, 0.2) is 24.3 Å². The topological polar surface area (TPSA) is 498 Å². The molecule has 0 spiro atoms. The van der Waals surface area contributed by atoms with Gasteiger partial charge in [-0.1, -0.05) is 0 Å². The largest absolute Gasteiger partial charge is 0.488 e. The normalized spacial score (nSPS) is 26.9. The van der Waals surface area contributed by atoms with Crippen molar-refractivity contribution in [2.75, 3.05) is 112 Å². The Hall–Kier alpha value is -5.94. The van der Waals surface area contributed by atoms with Crippen LogP contribution in [0.5, 0.6) is 5.75 Å². The van der Waals surface area contributed by atoms with Crippen molar-refractivity contribution in [3.05, 3.63) is 29.8 Å². The molecular formula is C56H92N8O27. The molecule has 0 aliphatic carbocycles. The predicted octanol–water partition coefficient (Wildman–Crippen LogP) is -8.15. The average molecular weight is 1310 g/mol. The van der Waals surface area contributed by atoms with Gasteiger partial charge in [-0.2, -0.15) is 0 Å². The van der Waals surface area contributed by atoms with E-state index in [1.807, 2.05) is 20.8 Å². The minimum Gasteiger partial charge on any atom is -0.488 e. The first-order valence-electron chi connectivity index (χ1n) is 29.6. The third-order valence-electron chi connectivity index (χ3n) is 13.8. The summed E-state index contributed by atoms with van der Waals surface area (Å²) in [6.45, 7) is 4.24. The van der Waals surface area contributed by atoms with E-state index >= 15 is 0 Å². The summed E-state index contributed by atoms with van der Waals surface area (Å²) in [6, 6.07) is 1.11. The molecule has 0 saturated carbocycles. The highest BCUT2D eigenvalue weighted by atomic mass is 16.7. The third kappa shape index (κ3) is 26.5. The van der Waals surface area contributed by atoms with Gasteiger partial charge in [0.15, 0.2) is 18.9 Å². The maximum atomic E-state index is 14.1. The molecule has 91 heavy (non-hydrogen) atoms. The lowest BCUT2D eigenvalue weighted by molar-refractivity contribution is -0.272. The zero-order valence-electron chi connectivity index (χ0n) is 51.8. The minimum absolute atomic E-state index is 0.101. The minimum atomic E-state index is -1.54. The van der Waals surface area contributed by atoms with Crippen LogP contribution in [0, 0.1) is 0 Å². The van der Waals surface area contributed by atoms with Crippen LogP contribution < -0.4 is 42.0 Å². The zero-order chi connectivity index (χ0) is 67.4. The summed E-state index contributed by atoms with van der Waals surface area (Å²) in [5.41, 5.74) is -0.428. The summed E-state index contributed by atoms with van der Waals surface area (Å²) in [4.78, 5) is 105. The van der Waals surface area contributed by atoms with Gasteiger partial charge >= 0.3 is 0 Å². The van der Waals surface area contributed by atoms with E-state index in [1.54, 1.807) is 12.1 Å². The zero-order valence-corrected chi connectivity index (χ0v) is 51.8. The molecular weight excluding hydrogens is 1220 g/mol. The number of hydrogen-bond donors (Lipinski definition) is 16. The Labute approximate surface area is 525 Å². The number of carbonyl (C=O) groups is 8. The van der Waals surface area contributed by atoms with Crippen molar-refractivity contribution in [2.45, 2.75) is 158 Å². The fraction of sp³-hybridized carbons (Fsp3) is 0.750. The van der Waals surface area contributed by atoms with E-state index in [1.165, 1.54) is 32.9 Å². The van der Waals surface area contributed by atoms with Crippen molar-refractivity contribution >= 4 is 47.3 Å². The van der Waals surface area contributed by atoms with Crippen molar-refractivity contribution in [1.82, 2.24) is 42.1 Å². The molecule has 16 atom stereocenters. The number of nitrogens with one attached hydrogen (secondary N) is 7. The second-order valence-corrected chi connectivity index (χ2v) is 22.3. The number of benzene rings is 1. The maximum absolute atomic E-state index is 14.1. The van der Waals surface area contributed by atoms with Crippen molar-refractivity contribution in [3.8, 4) is 5.75 Å². The molecule has 0 bridgehead atoms. The maximum Gasteiger partial charge on any atom is 0.251 e. The SMILES string of the molecule is CC(=O)NC1C(OCCOCCNC(=O)CN(CC(=O)NCCOCCOC2OC(CO)C(O)C(O)C2NC(C)=O)C(=O)CCC(NC(=O)c2ccc(OC(C)(C)C)cc2)C(=O)NCCOCCOC2OC(CO)C(O)C(O)C2NC(C)=O)OC(CO)C(O)C1O. The fourth-order valence-electron chi connectivity index (χ4n) is 9.36. The van der Waals surface area contributed by atoms with Crippen LogP contribution in [0.1, 0.15) is 64.7 Å². The van der Waals surface area contributed by atoms with Gasteiger partial charge in [0.25, 0.3) is 5.91 Å². The van der Waals surface area contributed by atoms with Gasteiger partial charge in [0.05, 0.1) is 79.3 Å². The molecule has 16 N–H and O–H groups in total. The van der Waals surface area contributed by atoms with E-state index in [0.717, 1.165) is 4.90 Å². The van der Waals surface area contributed by atoms with E-state index in [0.29, 0.717) is 5.75 Å². The van der Waals surface area contributed by atoms with E-state index in [-0.39, 0.29) is 91.1 Å². The van der Waals surface area contributed by atoms with Crippen LogP contribution in [0.4, 0.5) is 0 Å². The number of hydrogen-bond acceptors (Lipinski definition) is 27. The second-order valence-electron chi connectivity index (χ2n) is 22.3. The van der Waals surface area contributed by atoms with Gasteiger partial charge in [-0.05, 0) is 51.5 Å². The highest BCUT2D eigenvalue weighted by molar-refractivity contribution is 5.98. The lowest BCUT2D eigenvalue weighted by Gasteiger charge is -2.42. The lowest BCUT2D eigenvalue weighted by atomic mass is 9.97. The number of carbonyl (C=O) groups excluding carboxylic acids is 8. The van der Waals surface area contributed by atoms with Crippen molar-refractivity contribution in [3.63, 3.8) is 0 Å². The standard InChI is InChI=1S/C56H92N8O27/c1-30(68)60-42-48(77)45(74)36(27-65)88-53(42)85-22-19-82-16-13-57-39(71)25-64(26-40(72)58-14-17-83-20-23-86-54-43(61-31(2)69)49(78)46(75)37(28-66)89-54)41(73)12-11-35(63-51(80)33-7-9-34(10-8-33)91-56(4,5)6)52(81)59-15-18-84-21-24-87-55-44(62-32(3)70)50(79)47(76)38(29-67)90-55/h7-10,35-38,42-50,53-55,65-67,74-79H,11-29H2,1-6H3,(H,57,71)(H,58,72)(H,59,81)(H,60,68)(H,61,69)(H,62,70)(H,63,80). The summed E-state index contributed by atoms with van der Waals surface area (Å²) >= 11 is 0. The predicted molar refractivity (Wildman–Crippen MR) is 309 cm³/mol. The molecule has 8 amide bonds. The van der Waals surface area contributed by atoms with E-state index in [2.05, 4.69) is 37.2 Å². The van der Waals surface area contributed by atoms with Gasteiger partial charge in [0, 0.05) is 52.4 Å². The second kappa shape index (κ2) is 39.6. The van der Waals surface area contributed by atoms with Gasteiger partial charge in [-0.15, -0.1) is 0 Å². The molecule has 35 heteroatoms. The molecule has 3 aliphatic heterocycles. The fourth-order valence-corrected chi connectivity index (χ4v) is 9.36. The van der Waals surface area contributed by atoms with Gasteiger partial charge in [0.2, 0.25) is 41.4 Å². The van der Waals surface area contributed by atoms with Crippen LogP contribution in [0.3, 0.4) is 0 Å². The lowest BCUT2D eigenvalue weighted by Crippen LogP contribution is -2.64. The van der Waals surface area contributed by atoms with Crippen molar-refractivity contribution in [1.29, 1.82) is 0 Å². The first kappa shape index (κ1) is 77.5. The van der Waals surface area contributed by atoms with Crippen molar-refractivity contribution < 1.29 is 132 Å². The average Bonchev–Trinajstić information content (AvgIpc) is 0.919. The molecule has 16 unspecified atom stereocenters. The molecule has 3 saturated heterocycles. The van der Waals surface area contributed by atoms with Gasteiger partial charge < -0.3 is 135 Å². The van der Waals surface area contributed by atoms with Gasteiger partial charge in [-0.3, -0.25) is 38.4 Å². The van der Waals surface area contributed by atoms with E-state index in [4.69, 9.17) is 47.4 Å². The number of amides is 8. The summed E-state index contributed by atoms with van der Waals surface area (Å²) < 4.78 is 56.0. The van der Waals surface area contributed by atoms with Crippen LogP contribution in [0.2, 0.25) is 0 Å². The molecule has 3 fully saturated rings. The summed E-state index contributed by atoms with van der Waals surface area (Å²) in [7, 11) is 0.